The SMILES string of the molecule is O=C(COc1ccccc1F)OCc1nc2ccccc2n1C(F)F. The predicted octanol–water partition coefficient (Wildman–Crippen LogP) is 3.69. The van der Waals surface area contributed by atoms with Crippen molar-refractivity contribution in [2.24, 2.45) is 0 Å². The van der Waals surface area contributed by atoms with Gasteiger partial charge in [-0.15, -0.1) is 0 Å². The molecule has 0 spiro atoms. The van der Waals surface area contributed by atoms with Crippen LogP contribution in [0.2, 0.25) is 0 Å². The molecule has 3 rings (SSSR count). The zero-order valence-electron chi connectivity index (χ0n) is 12.9. The maximum Gasteiger partial charge on any atom is 0.344 e. The highest BCUT2D eigenvalue weighted by Gasteiger charge is 2.18. The number of para-hydroxylation sites is 3. The maximum atomic E-state index is 13.4. The van der Waals surface area contributed by atoms with Gasteiger partial charge in [-0.05, 0) is 24.3 Å². The van der Waals surface area contributed by atoms with E-state index < -0.39 is 31.5 Å². The summed E-state index contributed by atoms with van der Waals surface area (Å²) in [5, 5.41) is 0. The summed E-state index contributed by atoms with van der Waals surface area (Å²) in [6, 6.07) is 11.9. The third-order valence-corrected chi connectivity index (χ3v) is 3.41. The fraction of sp³-hybridized carbons (Fsp3) is 0.176. The Labute approximate surface area is 140 Å². The normalized spacial score (nSPS) is 11.0. The van der Waals surface area contributed by atoms with Crippen molar-refractivity contribution in [3.63, 3.8) is 0 Å². The molecule has 0 N–H and O–H groups in total. The van der Waals surface area contributed by atoms with Gasteiger partial charge < -0.3 is 9.47 Å². The van der Waals surface area contributed by atoms with Gasteiger partial charge >= 0.3 is 12.5 Å². The summed E-state index contributed by atoms with van der Waals surface area (Å²) in [7, 11) is 0. The van der Waals surface area contributed by atoms with Crippen molar-refractivity contribution in [3.05, 3.63) is 60.2 Å². The highest BCUT2D eigenvalue weighted by molar-refractivity contribution is 5.76. The second-order valence-electron chi connectivity index (χ2n) is 5.04. The predicted molar refractivity (Wildman–Crippen MR) is 82.7 cm³/mol. The van der Waals surface area contributed by atoms with Crippen LogP contribution in [0.5, 0.6) is 5.75 Å². The highest BCUT2D eigenvalue weighted by atomic mass is 19.3. The molecule has 0 fully saturated rings. The largest absolute Gasteiger partial charge is 0.479 e. The molecule has 1 aromatic heterocycles. The van der Waals surface area contributed by atoms with Crippen LogP contribution in [-0.4, -0.2) is 22.1 Å². The number of esters is 1. The fourth-order valence-electron chi connectivity index (χ4n) is 2.30. The van der Waals surface area contributed by atoms with Gasteiger partial charge in [-0.1, -0.05) is 24.3 Å². The number of imidazole rings is 1. The molecule has 0 unspecified atom stereocenters. The second kappa shape index (κ2) is 7.25. The van der Waals surface area contributed by atoms with Gasteiger partial charge in [-0.2, -0.15) is 8.78 Å². The van der Waals surface area contributed by atoms with Gasteiger partial charge in [0.2, 0.25) is 0 Å². The quantitative estimate of drug-likeness (QED) is 0.636. The summed E-state index contributed by atoms with van der Waals surface area (Å²) in [4.78, 5) is 15.7. The lowest BCUT2D eigenvalue weighted by Crippen LogP contribution is -2.17. The van der Waals surface area contributed by atoms with Crippen LogP contribution in [0, 0.1) is 5.82 Å². The van der Waals surface area contributed by atoms with Crippen LogP contribution in [0.25, 0.3) is 11.0 Å². The van der Waals surface area contributed by atoms with E-state index in [1.165, 1.54) is 24.3 Å². The van der Waals surface area contributed by atoms with E-state index in [1.807, 2.05) is 0 Å². The number of fused-ring (bicyclic) bond motifs is 1. The molecule has 1 heterocycles. The number of rotatable bonds is 6. The van der Waals surface area contributed by atoms with Crippen LogP contribution in [0.1, 0.15) is 12.4 Å². The van der Waals surface area contributed by atoms with Crippen molar-refractivity contribution < 1.29 is 27.4 Å². The first-order valence-electron chi connectivity index (χ1n) is 7.33. The van der Waals surface area contributed by atoms with Gasteiger partial charge in [0.25, 0.3) is 0 Å². The van der Waals surface area contributed by atoms with Gasteiger partial charge in [0.15, 0.2) is 24.0 Å². The average Bonchev–Trinajstić information content (AvgIpc) is 2.98. The summed E-state index contributed by atoms with van der Waals surface area (Å²) in [6.07, 6.45) is 0. The number of ether oxygens (including phenoxy) is 2. The van der Waals surface area contributed by atoms with Gasteiger partial charge in [0.1, 0.15) is 6.61 Å². The molecule has 8 heteroatoms. The Balaban J connectivity index is 1.65. The van der Waals surface area contributed by atoms with E-state index in [1.54, 1.807) is 24.3 Å². The number of carbonyl (C=O) groups is 1. The van der Waals surface area contributed by atoms with Crippen LogP contribution in [0.3, 0.4) is 0 Å². The topological polar surface area (TPSA) is 53.4 Å². The third-order valence-electron chi connectivity index (χ3n) is 3.41. The average molecular weight is 350 g/mol. The molecule has 5 nitrogen and oxygen atoms in total. The molecule has 0 aliphatic rings. The number of alkyl halides is 2. The zero-order chi connectivity index (χ0) is 17.8. The molecule has 25 heavy (non-hydrogen) atoms. The van der Waals surface area contributed by atoms with E-state index >= 15 is 0 Å². The number of carbonyl (C=O) groups excluding carboxylic acids is 1. The van der Waals surface area contributed by atoms with Gasteiger partial charge in [-0.25, -0.2) is 14.2 Å². The van der Waals surface area contributed by atoms with Crippen molar-refractivity contribution in [1.82, 2.24) is 9.55 Å². The fourth-order valence-corrected chi connectivity index (χ4v) is 2.30. The van der Waals surface area contributed by atoms with Crippen molar-refractivity contribution in [1.29, 1.82) is 0 Å². The number of hydrogen-bond donors (Lipinski definition) is 0. The minimum Gasteiger partial charge on any atom is -0.479 e. The van der Waals surface area contributed by atoms with Crippen LogP contribution >= 0.6 is 0 Å². The molecule has 2 aromatic carbocycles. The van der Waals surface area contributed by atoms with E-state index in [-0.39, 0.29) is 17.1 Å². The first-order valence-corrected chi connectivity index (χ1v) is 7.33. The van der Waals surface area contributed by atoms with E-state index in [9.17, 15) is 18.0 Å². The van der Waals surface area contributed by atoms with Crippen molar-refractivity contribution in [3.8, 4) is 5.75 Å². The molecule has 0 saturated carbocycles. The van der Waals surface area contributed by atoms with Crippen LogP contribution < -0.4 is 4.74 Å². The van der Waals surface area contributed by atoms with E-state index in [4.69, 9.17) is 9.47 Å². The second-order valence-corrected chi connectivity index (χ2v) is 5.04. The zero-order valence-corrected chi connectivity index (χ0v) is 12.9. The molecule has 0 radical (unpaired) electrons. The van der Waals surface area contributed by atoms with Crippen LogP contribution in [0.4, 0.5) is 13.2 Å². The third kappa shape index (κ3) is 3.73. The van der Waals surface area contributed by atoms with Crippen molar-refractivity contribution >= 4 is 17.0 Å². The standard InChI is InChI=1S/C17H13F3N2O3/c18-11-5-1-4-8-14(11)24-10-16(23)25-9-15-21-12-6-2-3-7-13(12)22(15)17(19)20/h1-8,17H,9-10H2. The van der Waals surface area contributed by atoms with Gasteiger partial charge in [0, 0.05) is 0 Å². The number of aromatic nitrogens is 2. The monoisotopic (exact) mass is 350 g/mol. The van der Waals surface area contributed by atoms with E-state index in [0.29, 0.717) is 10.1 Å². The van der Waals surface area contributed by atoms with E-state index in [0.717, 1.165) is 0 Å². The lowest BCUT2D eigenvalue weighted by atomic mass is 10.3. The first kappa shape index (κ1) is 16.8. The summed E-state index contributed by atoms with van der Waals surface area (Å²) in [6.45, 7) is -3.82. The summed E-state index contributed by atoms with van der Waals surface area (Å²) < 4.78 is 50.5. The Morgan fingerprint density at radius 3 is 2.60 bits per heavy atom. The molecule has 0 atom stereocenters. The van der Waals surface area contributed by atoms with Crippen LogP contribution in [-0.2, 0) is 16.1 Å². The summed E-state index contributed by atoms with van der Waals surface area (Å²) >= 11 is 0. The molecule has 0 aliphatic heterocycles. The Morgan fingerprint density at radius 1 is 1.12 bits per heavy atom. The molecule has 3 aromatic rings. The summed E-state index contributed by atoms with van der Waals surface area (Å²) in [5.74, 6) is -1.62. The Morgan fingerprint density at radius 2 is 1.84 bits per heavy atom. The first-order chi connectivity index (χ1) is 12.1. The van der Waals surface area contributed by atoms with Gasteiger partial charge in [0.05, 0.1) is 11.0 Å². The molecule has 130 valence electrons. The highest BCUT2D eigenvalue weighted by Crippen LogP contribution is 2.23. The molecule has 0 saturated heterocycles. The summed E-state index contributed by atoms with van der Waals surface area (Å²) in [5.41, 5.74) is 0.614. The Bertz CT molecular complexity index is 896. The van der Waals surface area contributed by atoms with Crippen molar-refractivity contribution in [2.75, 3.05) is 6.61 Å². The van der Waals surface area contributed by atoms with Crippen molar-refractivity contribution in [2.45, 2.75) is 13.2 Å². The smallest absolute Gasteiger partial charge is 0.344 e. The molecule has 0 aliphatic carbocycles. The van der Waals surface area contributed by atoms with E-state index in [2.05, 4.69) is 4.98 Å². The maximum absolute atomic E-state index is 13.4. The number of nitrogens with zero attached hydrogens (tertiary/aromatic N) is 2. The number of benzene rings is 2. The Hall–Kier alpha value is -3.03. The number of halogens is 3. The molecule has 0 bridgehead atoms. The molecular weight excluding hydrogens is 337 g/mol. The lowest BCUT2D eigenvalue weighted by Gasteiger charge is -2.09. The lowest BCUT2D eigenvalue weighted by molar-refractivity contribution is -0.147. The van der Waals surface area contributed by atoms with Gasteiger partial charge in [-0.3, -0.25) is 4.57 Å². The molecular formula is C17H13F3N2O3. The Kier molecular flexibility index (Phi) is 4.87. The minimum atomic E-state index is -2.82. The number of hydrogen-bond acceptors (Lipinski definition) is 4. The molecule has 0 amide bonds. The van der Waals surface area contributed by atoms with Crippen LogP contribution in [0.15, 0.2) is 48.5 Å². The minimum absolute atomic E-state index is 0.0876.